The molecule has 0 aliphatic carbocycles. The first-order chi connectivity index (χ1) is 17.0. The van der Waals surface area contributed by atoms with Crippen LogP contribution in [0.25, 0.3) is 22.2 Å². The lowest BCUT2D eigenvalue weighted by molar-refractivity contribution is -0.132. The second-order valence-electron chi connectivity index (χ2n) is 9.98. The fourth-order valence-electron chi connectivity index (χ4n) is 5.21. The minimum Gasteiger partial charge on any atom is -0.391 e. The molecule has 1 aromatic carbocycles. The Morgan fingerprint density at radius 3 is 2.75 bits per heavy atom. The van der Waals surface area contributed by atoms with Crippen molar-refractivity contribution in [1.82, 2.24) is 34.4 Å². The van der Waals surface area contributed by atoms with Gasteiger partial charge in [-0.05, 0) is 38.0 Å². The lowest BCUT2D eigenvalue weighted by Gasteiger charge is -2.34. The van der Waals surface area contributed by atoms with Crippen LogP contribution >= 0.6 is 0 Å². The number of hydrogen-bond donors (Lipinski definition) is 5. The molecule has 1 fully saturated rings. The van der Waals surface area contributed by atoms with E-state index in [1.165, 1.54) is 6.33 Å². The van der Waals surface area contributed by atoms with Crippen LogP contribution in [0.5, 0.6) is 0 Å². The molecule has 12 heteroatoms. The molecule has 0 radical (unpaired) electrons. The fraction of sp³-hybridized carbons (Fsp3) is 0.458. The lowest BCUT2D eigenvalue weighted by atomic mass is 9.91. The predicted molar refractivity (Wildman–Crippen MR) is 135 cm³/mol. The number of carbonyl (C=O) groups excluding carboxylic acids is 1. The summed E-state index contributed by atoms with van der Waals surface area (Å²) in [4.78, 5) is 35.4. The van der Waals surface area contributed by atoms with Crippen molar-refractivity contribution < 1.29 is 15.0 Å². The number of aromatic amines is 1. The Bertz CT molecular complexity index is 1460. The van der Waals surface area contributed by atoms with Crippen LogP contribution in [0.1, 0.15) is 42.8 Å². The van der Waals surface area contributed by atoms with E-state index in [0.717, 1.165) is 28.0 Å². The van der Waals surface area contributed by atoms with Crippen molar-refractivity contribution >= 4 is 39.9 Å². The van der Waals surface area contributed by atoms with E-state index in [0.29, 0.717) is 17.6 Å². The number of β-amino-alcohol motifs (C(OH)–C–C–N with tert-alkyl or cyclic N) is 1. The van der Waals surface area contributed by atoms with Crippen LogP contribution in [-0.4, -0.2) is 75.3 Å². The molecule has 190 valence electrons. The molecule has 12 nitrogen and oxygen atoms in total. The summed E-state index contributed by atoms with van der Waals surface area (Å²) in [5.41, 5.74) is 15.2. The second kappa shape index (κ2) is 8.71. The van der Waals surface area contributed by atoms with Gasteiger partial charge in [-0.15, -0.1) is 0 Å². The molecule has 7 N–H and O–H groups in total. The number of aliphatic hydroxyl groups excluding tert-OH is 1. The van der Waals surface area contributed by atoms with Gasteiger partial charge in [0.2, 0.25) is 11.9 Å². The topological polar surface area (TPSA) is 185 Å². The van der Waals surface area contributed by atoms with Gasteiger partial charge in [0, 0.05) is 32.4 Å². The lowest BCUT2D eigenvalue weighted by Crippen LogP contribution is -2.42. The van der Waals surface area contributed by atoms with E-state index in [2.05, 4.69) is 31.0 Å². The maximum absolute atomic E-state index is 13.3. The summed E-state index contributed by atoms with van der Waals surface area (Å²) in [5, 5.41) is 22.0. The first-order valence-electron chi connectivity index (χ1n) is 11.9. The minimum absolute atomic E-state index is 0.0146. The van der Waals surface area contributed by atoms with Crippen LogP contribution in [-0.2, 0) is 11.2 Å². The Balaban J connectivity index is 1.40. The molecule has 0 bridgehead atoms. The van der Waals surface area contributed by atoms with Gasteiger partial charge in [-0.1, -0.05) is 6.07 Å². The average Bonchev–Trinajstić information content (AvgIpc) is 3.35. The Hall–Kier alpha value is -3.77. The number of nitrogens with one attached hydrogen (secondary N) is 1. The molecule has 3 atom stereocenters. The molecule has 4 aromatic rings. The summed E-state index contributed by atoms with van der Waals surface area (Å²) in [5.74, 6) is 0.699. The highest BCUT2D eigenvalue weighted by Gasteiger charge is 2.42. The smallest absolute Gasteiger partial charge is 0.224 e. The summed E-state index contributed by atoms with van der Waals surface area (Å²) >= 11 is 0. The molecule has 1 amide bonds. The minimum atomic E-state index is -1.36. The number of likely N-dealkylation sites (tertiary alicyclic amines) is 1. The molecular weight excluding hydrogens is 462 g/mol. The largest absolute Gasteiger partial charge is 0.391 e. The van der Waals surface area contributed by atoms with Crippen LogP contribution < -0.4 is 11.5 Å². The van der Waals surface area contributed by atoms with Gasteiger partial charge in [0.1, 0.15) is 11.3 Å². The number of aliphatic hydroxyl groups is 2. The molecular formula is C24H31N9O3. The number of carbonyl (C=O) groups is 1. The van der Waals surface area contributed by atoms with E-state index in [1.54, 1.807) is 16.4 Å². The number of aryl methyl sites for hydroxylation is 3. The molecule has 36 heavy (non-hydrogen) atoms. The number of aromatic nitrogens is 6. The van der Waals surface area contributed by atoms with Crippen LogP contribution in [0.15, 0.2) is 18.5 Å². The van der Waals surface area contributed by atoms with E-state index in [4.69, 9.17) is 11.5 Å². The van der Waals surface area contributed by atoms with Gasteiger partial charge >= 0.3 is 0 Å². The summed E-state index contributed by atoms with van der Waals surface area (Å²) < 4.78 is 1.66. The van der Waals surface area contributed by atoms with Crippen LogP contribution in [0.2, 0.25) is 0 Å². The first kappa shape index (κ1) is 23.9. The number of rotatable bonds is 4. The van der Waals surface area contributed by atoms with Gasteiger partial charge in [0.15, 0.2) is 11.5 Å². The predicted octanol–water partition coefficient (Wildman–Crippen LogP) is 1.00. The molecule has 1 aliphatic heterocycles. The number of nitrogens with zero attached hydrogens (tertiary/aromatic N) is 6. The van der Waals surface area contributed by atoms with Crippen molar-refractivity contribution in [2.24, 2.45) is 0 Å². The van der Waals surface area contributed by atoms with Gasteiger partial charge in [-0.2, -0.15) is 9.97 Å². The average molecular weight is 494 g/mol. The highest BCUT2D eigenvalue weighted by molar-refractivity contribution is 5.83. The molecule has 5 rings (SSSR count). The number of nitrogens with two attached hydrogens (primary N) is 2. The Morgan fingerprint density at radius 2 is 1.97 bits per heavy atom. The SMILES string of the molecule is Cc1cc(C)c2nc(CCC(=O)N3C[C@@H](O)C[C@@](C)(O)[C@H](n4cnc5c(N)nc(N)nc54)C3)[nH]c2c1. The second-order valence-corrected chi connectivity index (χ2v) is 9.98. The highest BCUT2D eigenvalue weighted by Crippen LogP contribution is 2.34. The normalized spacial score (nSPS) is 22.9. The van der Waals surface area contributed by atoms with Gasteiger partial charge < -0.3 is 36.1 Å². The molecule has 0 unspecified atom stereocenters. The van der Waals surface area contributed by atoms with Crippen molar-refractivity contribution in [3.8, 4) is 0 Å². The number of amides is 1. The number of fused-ring (bicyclic) bond motifs is 2. The number of H-pyrrole nitrogens is 1. The Kier molecular flexibility index (Phi) is 5.80. The molecule has 0 spiro atoms. The van der Waals surface area contributed by atoms with Crippen molar-refractivity contribution in [3.63, 3.8) is 0 Å². The van der Waals surface area contributed by atoms with E-state index in [-0.39, 0.29) is 43.6 Å². The van der Waals surface area contributed by atoms with E-state index in [9.17, 15) is 15.0 Å². The van der Waals surface area contributed by atoms with Crippen molar-refractivity contribution in [2.45, 2.75) is 57.8 Å². The van der Waals surface area contributed by atoms with E-state index < -0.39 is 17.7 Å². The monoisotopic (exact) mass is 493 g/mol. The molecule has 1 saturated heterocycles. The zero-order valence-corrected chi connectivity index (χ0v) is 20.6. The number of nitrogen functional groups attached to an aromatic ring is 2. The van der Waals surface area contributed by atoms with Crippen LogP contribution in [0.3, 0.4) is 0 Å². The van der Waals surface area contributed by atoms with Crippen LogP contribution in [0, 0.1) is 13.8 Å². The molecule has 4 heterocycles. The zero-order chi connectivity index (χ0) is 25.8. The summed E-state index contributed by atoms with van der Waals surface area (Å²) in [6.07, 6.45) is 1.30. The quantitative estimate of drug-likeness (QED) is 0.276. The van der Waals surface area contributed by atoms with Crippen LogP contribution in [0.4, 0.5) is 11.8 Å². The summed E-state index contributed by atoms with van der Waals surface area (Å²) in [6.45, 7) is 5.94. The van der Waals surface area contributed by atoms with Gasteiger partial charge in [-0.25, -0.2) is 9.97 Å². The van der Waals surface area contributed by atoms with Crippen molar-refractivity contribution in [2.75, 3.05) is 24.6 Å². The molecule has 1 aliphatic rings. The molecule has 0 saturated carbocycles. The highest BCUT2D eigenvalue weighted by atomic mass is 16.3. The third kappa shape index (κ3) is 4.33. The number of imidazole rings is 2. The maximum atomic E-state index is 13.3. The van der Waals surface area contributed by atoms with E-state index in [1.807, 2.05) is 19.9 Å². The summed E-state index contributed by atoms with van der Waals surface area (Å²) in [7, 11) is 0. The Morgan fingerprint density at radius 1 is 1.19 bits per heavy atom. The van der Waals surface area contributed by atoms with Crippen molar-refractivity contribution in [3.05, 3.63) is 35.4 Å². The van der Waals surface area contributed by atoms with Gasteiger partial charge in [0.05, 0.1) is 35.1 Å². The molecule has 3 aromatic heterocycles. The maximum Gasteiger partial charge on any atom is 0.224 e. The number of anilines is 2. The van der Waals surface area contributed by atoms with E-state index >= 15 is 0 Å². The zero-order valence-electron chi connectivity index (χ0n) is 20.6. The summed E-state index contributed by atoms with van der Waals surface area (Å²) in [6, 6.07) is 3.47. The Labute approximate surface area is 207 Å². The first-order valence-corrected chi connectivity index (χ1v) is 11.9. The third-order valence-corrected chi connectivity index (χ3v) is 6.89. The number of hydrogen-bond acceptors (Lipinski definition) is 9. The third-order valence-electron chi connectivity index (χ3n) is 6.89. The number of benzene rings is 1. The van der Waals surface area contributed by atoms with Gasteiger partial charge in [-0.3, -0.25) is 4.79 Å². The standard InChI is InChI=1S/C24H31N9O3/c1-12-6-13(2)19-15(7-12)28-17(29-19)4-5-18(35)32-9-14(34)8-24(3,36)16(10-32)33-11-27-20-21(25)30-23(26)31-22(20)33/h6-7,11,14,16,34,36H,4-5,8-10H2,1-3H3,(H,28,29)(H4,25,26,30,31)/t14-,16+,24+/m0/s1. The van der Waals surface area contributed by atoms with Gasteiger partial charge in [0.25, 0.3) is 0 Å². The van der Waals surface area contributed by atoms with Crippen molar-refractivity contribution in [1.29, 1.82) is 0 Å². The fourth-order valence-corrected chi connectivity index (χ4v) is 5.21.